The maximum atomic E-state index is 6.87. The molecule has 0 heterocycles. The molecule has 0 aromatic carbocycles. The monoisotopic (exact) mass is 640 g/mol. The maximum absolute atomic E-state index is 6.87. The Kier molecular flexibility index (Phi) is 5.02. The molecule has 4 bridgehead atoms. The van der Waals surface area contributed by atoms with Gasteiger partial charge in [0.2, 0.25) is 0 Å². The molecule has 5 aliphatic rings. The Labute approximate surface area is 231 Å². The molecule has 5 aliphatic carbocycles. The minimum absolute atomic E-state index is 0.0322. The molecule has 0 amide bonds. The number of alkyl halides is 8. The van der Waals surface area contributed by atoms with Crippen LogP contribution in [-0.4, -0.2) is 28.2 Å². The lowest BCUT2D eigenvalue weighted by Gasteiger charge is -2.31. The standard InChI is InChI=1S/C18H4Cl12/c19-9-10(20)15(25)7-3-4-8-6(2-1-5(7)13(9,23)17(15,27)28)14(24)11(21)12(22)16(8,26)18(14,29)30/h1-4H/b2-1?,4-3?,5-1-,6-2?,7-3?,8-4?. The molecule has 0 saturated heterocycles. The molecule has 2 saturated carbocycles. The molecule has 4 atom stereocenters. The van der Waals surface area contributed by atoms with Crippen molar-refractivity contribution in [2.75, 3.05) is 0 Å². The van der Waals surface area contributed by atoms with E-state index in [9.17, 15) is 0 Å². The Bertz CT molecular complexity index is 976. The largest absolute Gasteiger partial charge is 0.174 e. The lowest BCUT2D eigenvalue weighted by Crippen LogP contribution is -2.43. The second-order valence-corrected chi connectivity index (χ2v) is 13.8. The highest BCUT2D eigenvalue weighted by molar-refractivity contribution is 6.69. The fraction of sp³-hybridized carbons (Fsp3) is 0.333. The SMILES string of the molecule is ClC1=C(Cl)C2(Cl)C3=C/C=C4/C(=CC=C3C1(Cl)C2(Cl)Cl)C1(Cl)C(Cl)=C(Cl)C4(Cl)C1(Cl)Cl. The van der Waals surface area contributed by atoms with Gasteiger partial charge in [-0.25, -0.2) is 0 Å². The summed E-state index contributed by atoms with van der Waals surface area (Å²) in [6.07, 6.45) is 6.51. The van der Waals surface area contributed by atoms with Gasteiger partial charge in [0.25, 0.3) is 0 Å². The Hall–Kier alpha value is 1.92. The first-order valence-electron chi connectivity index (χ1n) is 8.09. The van der Waals surface area contributed by atoms with Crippen molar-refractivity contribution in [3.8, 4) is 0 Å². The quantitative estimate of drug-likeness (QED) is 0.230. The minimum Gasteiger partial charge on any atom is -0.104 e. The summed E-state index contributed by atoms with van der Waals surface area (Å²) in [6, 6.07) is 0. The van der Waals surface area contributed by atoms with Crippen LogP contribution in [0.4, 0.5) is 0 Å². The molecular formula is C18H4Cl12. The van der Waals surface area contributed by atoms with Crippen LogP contribution in [0, 0.1) is 0 Å². The van der Waals surface area contributed by atoms with Gasteiger partial charge in [-0.05, 0) is 22.3 Å². The van der Waals surface area contributed by atoms with Crippen LogP contribution in [0.2, 0.25) is 0 Å². The van der Waals surface area contributed by atoms with Gasteiger partial charge in [0, 0.05) is 0 Å². The van der Waals surface area contributed by atoms with Gasteiger partial charge in [0.15, 0.2) is 8.67 Å². The molecule has 0 N–H and O–H groups in total. The van der Waals surface area contributed by atoms with Crippen molar-refractivity contribution in [3.63, 3.8) is 0 Å². The number of hydrogen-bond acceptors (Lipinski definition) is 0. The van der Waals surface area contributed by atoms with Crippen LogP contribution in [-0.2, 0) is 0 Å². The average Bonchev–Trinajstić information content (AvgIpc) is 2.96. The summed E-state index contributed by atoms with van der Waals surface area (Å²) in [5.41, 5.74) is 1.76. The molecule has 0 nitrogen and oxygen atoms in total. The van der Waals surface area contributed by atoms with Gasteiger partial charge in [-0.3, -0.25) is 0 Å². The van der Waals surface area contributed by atoms with Crippen LogP contribution < -0.4 is 0 Å². The average molecular weight is 646 g/mol. The summed E-state index contributed by atoms with van der Waals surface area (Å²) in [5.74, 6) is 0. The fourth-order valence-corrected chi connectivity index (χ4v) is 10.1. The molecule has 0 spiro atoms. The van der Waals surface area contributed by atoms with Crippen molar-refractivity contribution in [2.24, 2.45) is 0 Å². The van der Waals surface area contributed by atoms with Crippen molar-refractivity contribution in [3.05, 3.63) is 66.7 Å². The molecule has 5 rings (SSSR count). The highest BCUT2D eigenvalue weighted by Crippen LogP contribution is 2.78. The summed E-state index contributed by atoms with van der Waals surface area (Å²) >= 11 is 79.7. The fourth-order valence-electron chi connectivity index (χ4n) is 4.67. The maximum Gasteiger partial charge on any atom is 0.174 e. The topological polar surface area (TPSA) is 0 Å². The van der Waals surface area contributed by atoms with Crippen LogP contribution in [0.15, 0.2) is 66.7 Å². The van der Waals surface area contributed by atoms with E-state index in [2.05, 4.69) is 0 Å². The Morgan fingerprint density at radius 1 is 0.367 bits per heavy atom. The van der Waals surface area contributed by atoms with Crippen molar-refractivity contribution >= 4 is 139 Å². The second-order valence-electron chi connectivity index (χ2n) is 7.36. The van der Waals surface area contributed by atoms with Crippen LogP contribution in [0.1, 0.15) is 0 Å². The zero-order valence-corrected chi connectivity index (χ0v) is 22.9. The highest BCUT2D eigenvalue weighted by atomic mass is 35.5. The Balaban J connectivity index is 1.86. The molecule has 12 heteroatoms. The molecule has 0 aromatic rings. The third-order valence-electron chi connectivity index (χ3n) is 6.22. The normalized spacial score (nSPS) is 46.7. The van der Waals surface area contributed by atoms with E-state index in [1.165, 1.54) is 0 Å². The number of rotatable bonds is 0. The van der Waals surface area contributed by atoms with Crippen molar-refractivity contribution in [1.82, 2.24) is 0 Å². The van der Waals surface area contributed by atoms with Crippen LogP contribution >= 0.6 is 139 Å². The lowest BCUT2D eigenvalue weighted by atomic mass is 9.86. The smallest absolute Gasteiger partial charge is 0.104 e. The predicted molar refractivity (Wildman–Crippen MR) is 133 cm³/mol. The van der Waals surface area contributed by atoms with Gasteiger partial charge in [-0.15, -0.1) is 46.4 Å². The molecule has 30 heavy (non-hydrogen) atoms. The van der Waals surface area contributed by atoms with E-state index in [4.69, 9.17) is 139 Å². The molecule has 0 aliphatic heterocycles. The van der Waals surface area contributed by atoms with E-state index in [1.54, 1.807) is 24.3 Å². The third kappa shape index (κ3) is 2.00. The molecule has 0 aromatic heterocycles. The van der Waals surface area contributed by atoms with Crippen LogP contribution in [0.5, 0.6) is 0 Å². The Morgan fingerprint density at radius 3 is 0.700 bits per heavy atom. The van der Waals surface area contributed by atoms with Crippen molar-refractivity contribution in [2.45, 2.75) is 28.2 Å². The second kappa shape index (κ2) is 6.37. The van der Waals surface area contributed by atoms with Gasteiger partial charge in [-0.2, -0.15) is 0 Å². The molecule has 0 radical (unpaired) electrons. The van der Waals surface area contributed by atoms with E-state index in [1.807, 2.05) is 0 Å². The summed E-state index contributed by atoms with van der Waals surface area (Å²) in [6.45, 7) is 0. The number of fused-ring (bicyclic) bond motifs is 10. The first kappa shape index (κ1) is 23.7. The summed E-state index contributed by atoms with van der Waals surface area (Å²) in [7, 11) is 0. The molecular weight excluding hydrogens is 642 g/mol. The molecule has 2 fully saturated rings. The number of allylic oxidation sites excluding steroid dienone is 12. The Morgan fingerprint density at radius 2 is 0.533 bits per heavy atom. The van der Waals surface area contributed by atoms with Crippen molar-refractivity contribution in [1.29, 1.82) is 0 Å². The first-order chi connectivity index (χ1) is 13.6. The zero-order chi connectivity index (χ0) is 22.4. The summed E-state index contributed by atoms with van der Waals surface area (Å²) < 4.78 is -3.56. The van der Waals surface area contributed by atoms with Gasteiger partial charge < -0.3 is 0 Å². The van der Waals surface area contributed by atoms with Crippen molar-refractivity contribution < 1.29 is 0 Å². The van der Waals surface area contributed by atoms with Crippen LogP contribution in [0.3, 0.4) is 0 Å². The van der Waals surface area contributed by atoms with Gasteiger partial charge in [0.05, 0.1) is 20.1 Å². The van der Waals surface area contributed by atoms with E-state index < -0.39 is 28.2 Å². The number of halogens is 12. The van der Waals surface area contributed by atoms with E-state index in [-0.39, 0.29) is 20.1 Å². The van der Waals surface area contributed by atoms with Crippen LogP contribution in [0.25, 0.3) is 0 Å². The predicted octanol–water partition coefficient (Wildman–Crippen LogP) is 9.40. The molecule has 160 valence electrons. The first-order valence-corrected chi connectivity index (χ1v) is 12.6. The van der Waals surface area contributed by atoms with Gasteiger partial charge in [-0.1, -0.05) is 117 Å². The minimum atomic E-state index is -1.78. The van der Waals surface area contributed by atoms with Gasteiger partial charge in [0.1, 0.15) is 19.5 Å². The highest BCUT2D eigenvalue weighted by Gasteiger charge is 2.80. The van der Waals surface area contributed by atoms with E-state index in [0.29, 0.717) is 22.3 Å². The summed E-state index contributed by atoms with van der Waals surface area (Å²) in [5, 5.41) is 0.129. The van der Waals surface area contributed by atoms with E-state index >= 15 is 0 Å². The zero-order valence-electron chi connectivity index (χ0n) is 13.8. The molecule has 4 unspecified atom stereocenters. The third-order valence-corrected chi connectivity index (χ3v) is 14.4. The summed E-state index contributed by atoms with van der Waals surface area (Å²) in [4.78, 5) is -6.40. The van der Waals surface area contributed by atoms with E-state index in [0.717, 1.165) is 0 Å². The lowest BCUT2D eigenvalue weighted by molar-refractivity contribution is 0.719. The van der Waals surface area contributed by atoms with Gasteiger partial charge >= 0.3 is 0 Å². The number of hydrogen-bond donors (Lipinski definition) is 0.